The molecule has 4 atom stereocenters. The van der Waals surface area contributed by atoms with E-state index in [-0.39, 0.29) is 67.4 Å². The highest BCUT2D eigenvalue weighted by molar-refractivity contribution is 7.89. The second-order valence-corrected chi connectivity index (χ2v) is 22.2. The molecule has 0 saturated heterocycles. The first-order valence-electron chi connectivity index (χ1n) is 24.2. The number of alkyl carbamates (subject to hydrolysis) is 2. The number of sulfonamides is 2. The molecule has 0 fully saturated rings. The van der Waals surface area contributed by atoms with Crippen molar-refractivity contribution in [2.45, 2.75) is 87.8 Å². The van der Waals surface area contributed by atoms with Crippen LogP contribution in [0, 0.1) is 11.8 Å². The van der Waals surface area contributed by atoms with Crippen LogP contribution < -0.4 is 15.4 Å². The minimum atomic E-state index is -3.93. The molecule has 0 aliphatic rings. The topological polar surface area (TPSA) is 227 Å². The zero-order valence-corrected chi connectivity index (χ0v) is 44.0. The molecule has 0 aliphatic carbocycles. The van der Waals surface area contributed by atoms with E-state index in [2.05, 4.69) is 20.6 Å². The van der Waals surface area contributed by atoms with Crippen LogP contribution in [0.15, 0.2) is 174 Å². The smallest absolute Gasteiger partial charge is 0.407 e. The van der Waals surface area contributed by atoms with Gasteiger partial charge in [-0.2, -0.15) is 8.61 Å². The number of carbonyl (C=O) groups is 2. The fraction of sp³-hybridized carbons (Fsp3) is 0.345. The SMILES string of the molecule is CC(C)CN(C[C@@H](O)[C@H](Cc1ccccc1)NC(=O)OCc1cccnc1)S(=O)(=O)c1ccccc1.COc1ccc(S(=O)(=O)N(CC(C)C)C[C@@H](O)[C@H](Cc2ccccc2)NC(=O)OCc2cccnc2)cc1. The van der Waals surface area contributed by atoms with Crippen molar-refractivity contribution in [2.24, 2.45) is 11.8 Å². The van der Waals surface area contributed by atoms with Gasteiger partial charge >= 0.3 is 12.2 Å². The van der Waals surface area contributed by atoms with Crippen LogP contribution in [0.5, 0.6) is 5.75 Å². The van der Waals surface area contributed by atoms with Gasteiger partial charge in [0.05, 0.1) is 41.2 Å². The Bertz CT molecular complexity index is 2800. The number of hydrogen-bond donors (Lipinski definition) is 4. The number of aromatic nitrogens is 2. The summed E-state index contributed by atoms with van der Waals surface area (Å²) in [6.45, 7) is 7.67. The van der Waals surface area contributed by atoms with Gasteiger partial charge in [-0.25, -0.2) is 26.4 Å². The quantitative estimate of drug-likeness (QED) is 0.0443. The third kappa shape index (κ3) is 18.9. The number of ether oxygens (including phenoxy) is 3. The predicted molar refractivity (Wildman–Crippen MR) is 282 cm³/mol. The van der Waals surface area contributed by atoms with Crippen molar-refractivity contribution >= 4 is 32.2 Å². The van der Waals surface area contributed by atoms with Crippen molar-refractivity contribution in [2.75, 3.05) is 33.3 Å². The zero-order valence-electron chi connectivity index (χ0n) is 42.4. The van der Waals surface area contributed by atoms with Gasteiger partial charge in [0.1, 0.15) is 19.0 Å². The van der Waals surface area contributed by atoms with E-state index in [0.29, 0.717) is 12.2 Å². The average Bonchev–Trinajstić information content (AvgIpc) is 3.40. The number of aliphatic hydroxyl groups excluding tert-OH is 2. The number of nitrogens with zero attached hydrogens (tertiary/aromatic N) is 4. The molecule has 0 unspecified atom stereocenters. The number of pyridine rings is 2. The number of nitrogens with one attached hydrogen (secondary N) is 2. The maximum atomic E-state index is 13.5. The number of methoxy groups -OCH3 is 1. The summed E-state index contributed by atoms with van der Waals surface area (Å²) in [6, 6.07) is 38.4. The van der Waals surface area contributed by atoms with E-state index < -0.39 is 56.5 Å². The monoisotopic (exact) mass is 1050 g/mol. The molecule has 0 saturated carbocycles. The average molecular weight is 1050 g/mol. The molecule has 0 radical (unpaired) electrons. The van der Waals surface area contributed by atoms with Gasteiger partial charge in [0.2, 0.25) is 20.0 Å². The fourth-order valence-corrected chi connectivity index (χ4v) is 10.9. The Morgan fingerprint density at radius 2 is 0.878 bits per heavy atom. The van der Waals surface area contributed by atoms with E-state index in [1.807, 2.05) is 88.4 Å². The van der Waals surface area contributed by atoms with Crippen LogP contribution in [0.25, 0.3) is 0 Å². The molecule has 396 valence electrons. The minimum absolute atomic E-state index is 0.000188. The molecule has 19 heteroatoms. The molecule has 17 nitrogen and oxygen atoms in total. The van der Waals surface area contributed by atoms with Crippen LogP contribution in [-0.4, -0.2) is 115 Å². The van der Waals surface area contributed by atoms with Crippen LogP contribution in [-0.2, 0) is 55.6 Å². The van der Waals surface area contributed by atoms with Crippen LogP contribution in [0.4, 0.5) is 9.59 Å². The van der Waals surface area contributed by atoms with Crippen molar-refractivity contribution in [1.82, 2.24) is 29.2 Å². The van der Waals surface area contributed by atoms with E-state index in [1.165, 1.54) is 40.0 Å². The van der Waals surface area contributed by atoms with Gasteiger partial charge < -0.3 is 35.1 Å². The molecule has 4 aromatic carbocycles. The normalized spacial score (nSPS) is 13.3. The predicted octanol–water partition coefficient (Wildman–Crippen LogP) is 7.26. The number of benzene rings is 4. The second kappa shape index (κ2) is 29.2. The summed E-state index contributed by atoms with van der Waals surface area (Å²) in [6.07, 6.45) is 3.19. The molecule has 2 aromatic heterocycles. The first-order chi connectivity index (χ1) is 35.4. The Kier molecular flexibility index (Phi) is 23.0. The Morgan fingerprint density at radius 1 is 0.514 bits per heavy atom. The van der Waals surface area contributed by atoms with Gasteiger partial charge in [-0.3, -0.25) is 9.97 Å². The lowest BCUT2D eigenvalue weighted by atomic mass is 10.0. The lowest BCUT2D eigenvalue weighted by molar-refractivity contribution is 0.0872. The largest absolute Gasteiger partial charge is 0.497 e. The van der Waals surface area contributed by atoms with Gasteiger partial charge in [-0.1, -0.05) is 119 Å². The number of amides is 2. The molecule has 74 heavy (non-hydrogen) atoms. The van der Waals surface area contributed by atoms with Gasteiger partial charge in [-0.05, 0) is 84.3 Å². The Morgan fingerprint density at radius 3 is 1.23 bits per heavy atom. The first kappa shape index (κ1) is 58.2. The second-order valence-electron chi connectivity index (χ2n) is 18.3. The van der Waals surface area contributed by atoms with Crippen LogP contribution in [0.3, 0.4) is 0 Å². The third-order valence-corrected chi connectivity index (χ3v) is 15.0. The summed E-state index contributed by atoms with van der Waals surface area (Å²) in [4.78, 5) is 33.5. The fourth-order valence-electron chi connectivity index (χ4n) is 7.62. The highest BCUT2D eigenvalue weighted by Gasteiger charge is 2.33. The molecule has 6 rings (SSSR count). The van der Waals surface area contributed by atoms with Crippen LogP contribution in [0.1, 0.15) is 49.9 Å². The van der Waals surface area contributed by atoms with Crippen molar-refractivity contribution in [3.63, 3.8) is 0 Å². The van der Waals surface area contributed by atoms with Gasteiger partial charge in [0, 0.05) is 62.1 Å². The van der Waals surface area contributed by atoms with Crippen LogP contribution in [0.2, 0.25) is 0 Å². The van der Waals surface area contributed by atoms with Crippen molar-refractivity contribution < 1.29 is 50.8 Å². The highest BCUT2D eigenvalue weighted by atomic mass is 32.2. The lowest BCUT2D eigenvalue weighted by Crippen LogP contribution is -2.51. The lowest BCUT2D eigenvalue weighted by Gasteiger charge is -2.30. The third-order valence-electron chi connectivity index (χ3n) is 11.3. The number of carbonyl (C=O) groups excluding carboxylic acids is 2. The molecule has 0 spiro atoms. The Balaban J connectivity index is 0.000000274. The summed E-state index contributed by atoms with van der Waals surface area (Å²) < 4.78 is 72.1. The van der Waals surface area contributed by atoms with E-state index in [9.17, 15) is 36.6 Å². The molecular formula is C55H68N6O11S2. The van der Waals surface area contributed by atoms with Gasteiger partial charge in [0.25, 0.3) is 0 Å². The van der Waals surface area contributed by atoms with E-state index in [0.717, 1.165) is 22.3 Å². The number of hydrogen-bond acceptors (Lipinski definition) is 13. The van der Waals surface area contributed by atoms with Crippen LogP contribution >= 0.6 is 0 Å². The van der Waals surface area contributed by atoms with Crippen molar-refractivity contribution in [3.05, 3.63) is 187 Å². The zero-order chi connectivity index (χ0) is 53.5. The summed E-state index contributed by atoms with van der Waals surface area (Å²) in [5.41, 5.74) is 3.20. The maximum Gasteiger partial charge on any atom is 0.407 e. The molecule has 2 heterocycles. The van der Waals surface area contributed by atoms with Crippen molar-refractivity contribution in [1.29, 1.82) is 0 Å². The highest BCUT2D eigenvalue weighted by Crippen LogP contribution is 2.23. The minimum Gasteiger partial charge on any atom is -0.497 e. The van der Waals surface area contributed by atoms with E-state index >= 15 is 0 Å². The molecule has 0 bridgehead atoms. The molecule has 2 amide bonds. The molecule has 6 aromatic rings. The number of rotatable bonds is 25. The summed E-state index contributed by atoms with van der Waals surface area (Å²) in [5, 5.41) is 27.9. The standard InChI is InChI=1S/C28H35N3O6S.C27H33N3O5S/c1-21(2)18-31(38(34,35)25-13-11-24(36-3)12-14-25)19-27(32)26(16-22-8-5-4-6-9-22)30-28(33)37-20-23-10-7-15-29-17-23;1-21(2)18-30(36(33,34)24-13-7-4-8-14-24)19-26(31)25(16-22-10-5-3-6-11-22)29-27(32)35-20-23-12-9-15-28-17-23/h4-15,17,21,26-27,32H,16,18-20H2,1-3H3,(H,30,33);3-15,17,21,25-26,31H,16,18-20H2,1-2H3,(H,29,32)/t26-,27+;25-,26+/m00/s1. The molecule has 4 N–H and O–H groups in total. The van der Waals surface area contributed by atoms with Gasteiger partial charge in [-0.15, -0.1) is 0 Å². The van der Waals surface area contributed by atoms with E-state index in [4.69, 9.17) is 14.2 Å². The molecule has 0 aliphatic heterocycles. The first-order valence-corrected chi connectivity index (χ1v) is 27.1. The Labute approximate surface area is 435 Å². The summed E-state index contributed by atoms with van der Waals surface area (Å²) in [7, 11) is -6.27. The van der Waals surface area contributed by atoms with Gasteiger partial charge in [0.15, 0.2) is 0 Å². The van der Waals surface area contributed by atoms with Crippen molar-refractivity contribution in [3.8, 4) is 5.75 Å². The summed E-state index contributed by atoms with van der Waals surface area (Å²) in [5.74, 6) is 0.567. The summed E-state index contributed by atoms with van der Waals surface area (Å²) >= 11 is 0. The maximum absolute atomic E-state index is 13.5. The Hall–Kier alpha value is -6.74. The number of aliphatic hydroxyl groups is 2. The van der Waals surface area contributed by atoms with E-state index in [1.54, 1.807) is 79.4 Å². The molecular weight excluding hydrogens is 985 g/mol.